The number of hydrogen-bond donors (Lipinski definition) is 1. The van der Waals surface area contributed by atoms with Gasteiger partial charge >= 0.3 is 0 Å². The first-order valence-electron chi connectivity index (χ1n) is 6.53. The molecule has 0 fully saturated rings. The van der Waals surface area contributed by atoms with Crippen molar-refractivity contribution >= 4 is 11.3 Å². The summed E-state index contributed by atoms with van der Waals surface area (Å²) in [7, 11) is 1.60. The Hall–Kier alpha value is -2.84. The maximum absolute atomic E-state index is 9.27. The molecular weight excluding hydrogens is 296 g/mol. The predicted octanol–water partition coefficient (Wildman–Crippen LogP) is 3.32. The van der Waals surface area contributed by atoms with E-state index in [1.165, 1.54) is 11.3 Å². The number of aromatic hydroxyl groups is 1. The van der Waals surface area contributed by atoms with Gasteiger partial charge in [0.05, 0.1) is 12.8 Å². The molecule has 0 aliphatic heterocycles. The van der Waals surface area contributed by atoms with Gasteiger partial charge in [-0.2, -0.15) is 0 Å². The molecule has 3 aromatic rings. The van der Waals surface area contributed by atoms with Gasteiger partial charge in [-0.1, -0.05) is 23.3 Å². The fourth-order valence-corrected chi connectivity index (χ4v) is 2.61. The average Bonchev–Trinajstić information content (AvgIpc) is 2.98. The van der Waals surface area contributed by atoms with E-state index in [0.29, 0.717) is 10.8 Å². The molecule has 4 nitrogen and oxygen atoms in total. The van der Waals surface area contributed by atoms with E-state index < -0.39 is 0 Å². The lowest BCUT2D eigenvalue weighted by Crippen LogP contribution is -1.84. The molecule has 0 bridgehead atoms. The summed E-state index contributed by atoms with van der Waals surface area (Å²) in [5.41, 5.74) is 2.18. The van der Waals surface area contributed by atoms with E-state index in [1.807, 2.05) is 18.2 Å². The number of ether oxygens (including phenoxy) is 1. The number of methoxy groups -OCH3 is 1. The first kappa shape index (κ1) is 14.1. The Morgan fingerprint density at radius 1 is 1.09 bits per heavy atom. The summed E-state index contributed by atoms with van der Waals surface area (Å²) in [6.45, 7) is 0. The van der Waals surface area contributed by atoms with E-state index in [-0.39, 0.29) is 5.75 Å². The number of thiazole rings is 1. The SMILES string of the molecule is COc1sc(-c2ccccn2)nc1C#Cc1ccc(O)cc1. The number of phenols is 1. The standard InChI is InChI=1S/C17H12N2O2S/c1-21-17-15(10-7-12-5-8-13(20)9-6-12)19-16(22-17)14-4-2-3-11-18-14/h2-6,8-9,11,20H,1H3. The highest BCUT2D eigenvalue weighted by molar-refractivity contribution is 7.17. The van der Waals surface area contributed by atoms with Crippen LogP contribution in [0.4, 0.5) is 0 Å². The van der Waals surface area contributed by atoms with Crippen LogP contribution in [0.5, 0.6) is 10.8 Å². The maximum Gasteiger partial charge on any atom is 0.210 e. The van der Waals surface area contributed by atoms with Gasteiger partial charge in [0, 0.05) is 11.8 Å². The number of phenolic OH excluding ortho intramolecular Hbond substituents is 1. The number of nitrogens with zero attached hydrogens (tertiary/aromatic N) is 2. The molecule has 3 rings (SSSR count). The third-order valence-corrected chi connectivity index (χ3v) is 3.90. The molecule has 0 spiro atoms. The zero-order valence-electron chi connectivity index (χ0n) is 11.8. The van der Waals surface area contributed by atoms with Crippen LogP contribution in [0.15, 0.2) is 48.7 Å². The summed E-state index contributed by atoms with van der Waals surface area (Å²) >= 11 is 1.41. The molecule has 0 aliphatic rings. The molecule has 0 unspecified atom stereocenters. The number of benzene rings is 1. The first-order valence-corrected chi connectivity index (χ1v) is 7.35. The topological polar surface area (TPSA) is 55.2 Å². The van der Waals surface area contributed by atoms with Crippen LogP contribution in [0, 0.1) is 11.8 Å². The van der Waals surface area contributed by atoms with Gasteiger partial charge in [0.25, 0.3) is 0 Å². The predicted molar refractivity (Wildman–Crippen MR) is 86.0 cm³/mol. The van der Waals surface area contributed by atoms with Gasteiger partial charge < -0.3 is 9.84 Å². The third kappa shape index (κ3) is 3.08. The third-order valence-electron chi connectivity index (χ3n) is 2.86. The van der Waals surface area contributed by atoms with Crippen LogP contribution in [0.25, 0.3) is 10.7 Å². The molecule has 0 radical (unpaired) electrons. The van der Waals surface area contributed by atoms with Crippen LogP contribution in [0.2, 0.25) is 0 Å². The number of hydrogen-bond acceptors (Lipinski definition) is 5. The molecule has 2 heterocycles. The van der Waals surface area contributed by atoms with Crippen molar-refractivity contribution in [1.29, 1.82) is 0 Å². The summed E-state index contributed by atoms with van der Waals surface area (Å²) < 4.78 is 5.34. The van der Waals surface area contributed by atoms with Crippen LogP contribution in [0.3, 0.4) is 0 Å². The van der Waals surface area contributed by atoms with Gasteiger partial charge in [-0.15, -0.1) is 0 Å². The van der Waals surface area contributed by atoms with E-state index in [1.54, 1.807) is 37.6 Å². The summed E-state index contributed by atoms with van der Waals surface area (Å²) in [4.78, 5) is 8.77. The molecule has 0 saturated heterocycles. The molecule has 22 heavy (non-hydrogen) atoms. The van der Waals surface area contributed by atoms with E-state index in [2.05, 4.69) is 21.8 Å². The summed E-state index contributed by atoms with van der Waals surface area (Å²) in [6, 6.07) is 12.4. The zero-order chi connectivity index (χ0) is 15.4. The Balaban J connectivity index is 1.94. The van der Waals surface area contributed by atoms with Crippen molar-refractivity contribution in [3.63, 3.8) is 0 Å². The van der Waals surface area contributed by atoms with Crippen LogP contribution < -0.4 is 4.74 Å². The summed E-state index contributed by atoms with van der Waals surface area (Å²) in [6.07, 6.45) is 1.73. The van der Waals surface area contributed by atoms with E-state index in [4.69, 9.17) is 4.74 Å². The second kappa shape index (κ2) is 6.29. The van der Waals surface area contributed by atoms with Gasteiger partial charge in [0.1, 0.15) is 10.8 Å². The molecule has 0 aliphatic carbocycles. The quantitative estimate of drug-likeness (QED) is 0.738. The van der Waals surface area contributed by atoms with Crippen molar-refractivity contribution in [2.24, 2.45) is 0 Å². The molecule has 0 atom stereocenters. The number of pyridine rings is 1. The van der Waals surface area contributed by atoms with Gasteiger partial charge in [0.2, 0.25) is 5.06 Å². The van der Waals surface area contributed by atoms with Crippen LogP contribution in [0.1, 0.15) is 11.3 Å². The molecule has 5 heteroatoms. The van der Waals surface area contributed by atoms with Crippen molar-refractivity contribution in [3.05, 3.63) is 59.9 Å². The molecule has 1 N–H and O–H groups in total. The summed E-state index contributed by atoms with van der Waals surface area (Å²) in [5, 5.41) is 10.7. The molecule has 1 aromatic carbocycles. The minimum absolute atomic E-state index is 0.217. The van der Waals surface area contributed by atoms with E-state index >= 15 is 0 Å². The zero-order valence-corrected chi connectivity index (χ0v) is 12.6. The van der Waals surface area contributed by atoms with Crippen LogP contribution >= 0.6 is 11.3 Å². The van der Waals surface area contributed by atoms with Crippen LogP contribution in [-0.2, 0) is 0 Å². The average molecular weight is 308 g/mol. The second-order valence-corrected chi connectivity index (χ2v) is 5.33. The second-order valence-electron chi connectivity index (χ2n) is 4.37. The molecular formula is C17H12N2O2S. The Kier molecular flexibility index (Phi) is 4.03. The highest BCUT2D eigenvalue weighted by Gasteiger charge is 2.12. The number of aromatic nitrogens is 2. The fraction of sp³-hybridized carbons (Fsp3) is 0.0588. The van der Waals surface area contributed by atoms with Gasteiger partial charge in [-0.05, 0) is 42.3 Å². The monoisotopic (exact) mass is 308 g/mol. The lowest BCUT2D eigenvalue weighted by molar-refractivity contribution is 0.425. The Morgan fingerprint density at radius 3 is 2.59 bits per heavy atom. The Labute approximate surface area is 132 Å². The normalized spacial score (nSPS) is 9.86. The van der Waals surface area contributed by atoms with Gasteiger partial charge in [0.15, 0.2) is 5.69 Å². The fourth-order valence-electron chi connectivity index (χ4n) is 1.80. The summed E-state index contributed by atoms with van der Waals surface area (Å²) in [5.74, 6) is 6.23. The van der Waals surface area contributed by atoms with E-state index in [0.717, 1.165) is 16.3 Å². The van der Waals surface area contributed by atoms with Crippen molar-refractivity contribution < 1.29 is 9.84 Å². The molecule has 0 amide bonds. The minimum atomic E-state index is 0.217. The Bertz CT molecular complexity index is 831. The van der Waals surface area contributed by atoms with E-state index in [9.17, 15) is 5.11 Å². The van der Waals surface area contributed by atoms with Crippen LogP contribution in [-0.4, -0.2) is 22.2 Å². The molecule has 2 aromatic heterocycles. The minimum Gasteiger partial charge on any atom is -0.508 e. The first-order chi connectivity index (χ1) is 10.8. The largest absolute Gasteiger partial charge is 0.508 e. The highest BCUT2D eigenvalue weighted by Crippen LogP contribution is 2.32. The lowest BCUT2D eigenvalue weighted by Gasteiger charge is -1.92. The Morgan fingerprint density at radius 2 is 1.91 bits per heavy atom. The maximum atomic E-state index is 9.27. The van der Waals surface area contributed by atoms with Crippen molar-refractivity contribution in [2.45, 2.75) is 0 Å². The lowest BCUT2D eigenvalue weighted by atomic mass is 10.2. The van der Waals surface area contributed by atoms with Gasteiger partial charge in [-0.3, -0.25) is 4.98 Å². The van der Waals surface area contributed by atoms with Crippen molar-refractivity contribution in [3.8, 4) is 33.4 Å². The molecule has 108 valence electrons. The highest BCUT2D eigenvalue weighted by atomic mass is 32.1. The van der Waals surface area contributed by atoms with Gasteiger partial charge in [-0.25, -0.2) is 4.98 Å². The van der Waals surface area contributed by atoms with Crippen molar-refractivity contribution in [1.82, 2.24) is 9.97 Å². The number of rotatable bonds is 2. The van der Waals surface area contributed by atoms with Crippen molar-refractivity contribution in [2.75, 3.05) is 7.11 Å². The molecule has 0 saturated carbocycles. The smallest absolute Gasteiger partial charge is 0.210 e.